The first-order chi connectivity index (χ1) is 5.14. The van der Waals surface area contributed by atoms with Crippen LogP contribution in [0.3, 0.4) is 0 Å². The molecule has 0 radical (unpaired) electrons. The van der Waals surface area contributed by atoms with Crippen molar-refractivity contribution < 1.29 is 8.78 Å². The highest BCUT2D eigenvalue weighted by Gasteiger charge is 2.27. The van der Waals surface area contributed by atoms with Crippen LogP contribution in [0.2, 0.25) is 0 Å². The molecular weight excluding hydrogens is 170 g/mol. The van der Waals surface area contributed by atoms with Gasteiger partial charge < -0.3 is 5.73 Å². The molecule has 0 unspecified atom stereocenters. The molecule has 0 amide bonds. The van der Waals surface area contributed by atoms with Crippen LogP contribution < -0.4 is 5.73 Å². The molecule has 0 aromatic carbocycles. The molecule has 0 atom stereocenters. The molecule has 2 N–H and O–H groups in total. The van der Waals surface area contributed by atoms with Gasteiger partial charge in [0.2, 0.25) is 0 Å². The number of aromatic nitrogens is 1. The Labute approximate surface area is 67.1 Å². The van der Waals surface area contributed by atoms with Crippen molar-refractivity contribution in [3.05, 3.63) is 16.6 Å². The minimum absolute atomic E-state index is 0.354. The molecule has 0 aliphatic carbocycles. The van der Waals surface area contributed by atoms with Crippen LogP contribution in [0.15, 0.2) is 10.9 Å². The van der Waals surface area contributed by atoms with Gasteiger partial charge >= 0.3 is 0 Å². The van der Waals surface area contributed by atoms with E-state index in [2.05, 4.69) is 4.98 Å². The zero-order valence-corrected chi connectivity index (χ0v) is 6.57. The van der Waals surface area contributed by atoms with Gasteiger partial charge in [-0.2, -0.15) is 0 Å². The Morgan fingerprint density at radius 1 is 1.64 bits per heavy atom. The fraction of sp³-hybridized carbons (Fsp3) is 0.500. The van der Waals surface area contributed by atoms with Gasteiger partial charge in [-0.3, -0.25) is 0 Å². The quantitative estimate of drug-likeness (QED) is 0.757. The molecule has 0 aliphatic heterocycles. The van der Waals surface area contributed by atoms with Gasteiger partial charge in [0, 0.05) is 5.38 Å². The topological polar surface area (TPSA) is 38.9 Å². The summed E-state index contributed by atoms with van der Waals surface area (Å²) < 4.78 is 25.1. The largest absolute Gasteiger partial charge is 0.325 e. The van der Waals surface area contributed by atoms with Gasteiger partial charge in [0.1, 0.15) is 0 Å². The van der Waals surface area contributed by atoms with Crippen molar-refractivity contribution in [2.24, 2.45) is 5.73 Å². The maximum Gasteiger partial charge on any atom is 0.265 e. The summed E-state index contributed by atoms with van der Waals surface area (Å²) in [5.41, 5.74) is 6.79. The fourth-order valence-corrected chi connectivity index (χ4v) is 1.22. The third kappa shape index (κ3) is 2.51. The summed E-state index contributed by atoms with van der Waals surface area (Å²) >= 11 is 1.31. The van der Waals surface area contributed by atoms with Crippen LogP contribution in [0.5, 0.6) is 0 Å². The Hall–Kier alpha value is -0.550. The number of hydrogen-bond acceptors (Lipinski definition) is 3. The Kier molecular flexibility index (Phi) is 2.51. The predicted molar refractivity (Wildman–Crippen MR) is 39.8 cm³/mol. The molecule has 1 heterocycles. The van der Waals surface area contributed by atoms with Crippen molar-refractivity contribution >= 4 is 11.3 Å². The number of halogens is 2. The number of nitrogens with zero attached hydrogens (tertiary/aromatic N) is 1. The summed E-state index contributed by atoms with van der Waals surface area (Å²) in [6.07, 6.45) is -0.354. The maximum absolute atomic E-state index is 12.6. The molecule has 0 aliphatic rings. The second kappa shape index (κ2) is 3.23. The molecule has 5 heteroatoms. The highest BCUT2D eigenvalue weighted by Crippen LogP contribution is 2.17. The average molecular weight is 178 g/mol. The van der Waals surface area contributed by atoms with Crippen LogP contribution in [0.1, 0.15) is 5.69 Å². The van der Waals surface area contributed by atoms with Crippen molar-refractivity contribution in [1.82, 2.24) is 4.98 Å². The summed E-state index contributed by atoms with van der Waals surface area (Å²) in [6.45, 7) is -0.621. The monoisotopic (exact) mass is 178 g/mol. The van der Waals surface area contributed by atoms with Gasteiger partial charge in [-0.15, -0.1) is 11.3 Å². The van der Waals surface area contributed by atoms with Gasteiger partial charge in [-0.25, -0.2) is 13.8 Å². The van der Waals surface area contributed by atoms with Crippen LogP contribution >= 0.6 is 11.3 Å². The molecule has 11 heavy (non-hydrogen) atoms. The van der Waals surface area contributed by atoms with Crippen LogP contribution in [0, 0.1) is 0 Å². The lowest BCUT2D eigenvalue weighted by atomic mass is 10.2. The minimum atomic E-state index is -2.81. The Bertz CT molecular complexity index is 210. The van der Waals surface area contributed by atoms with E-state index in [4.69, 9.17) is 5.73 Å². The normalized spacial score (nSPS) is 11.9. The van der Waals surface area contributed by atoms with E-state index >= 15 is 0 Å². The number of hydrogen-bond donors (Lipinski definition) is 1. The molecule has 0 fully saturated rings. The summed E-state index contributed by atoms with van der Waals surface area (Å²) in [5, 5.41) is 1.60. The second-order valence-corrected chi connectivity index (χ2v) is 2.94. The second-order valence-electron chi connectivity index (χ2n) is 2.22. The molecule has 1 aromatic heterocycles. The van der Waals surface area contributed by atoms with Gasteiger partial charge in [0.25, 0.3) is 5.92 Å². The van der Waals surface area contributed by atoms with Gasteiger partial charge in [-0.1, -0.05) is 0 Å². The molecule has 0 saturated heterocycles. The molecular formula is C6H8F2N2S. The van der Waals surface area contributed by atoms with Crippen LogP contribution in [-0.2, 0) is 6.42 Å². The Morgan fingerprint density at radius 3 is 2.82 bits per heavy atom. The van der Waals surface area contributed by atoms with Crippen molar-refractivity contribution in [2.75, 3.05) is 6.54 Å². The standard InChI is InChI=1S/C6H8F2N2S/c7-6(8,3-9)1-5-2-11-4-10-5/h2,4H,1,3,9H2. The van der Waals surface area contributed by atoms with Crippen molar-refractivity contribution in [1.29, 1.82) is 0 Å². The van der Waals surface area contributed by atoms with E-state index in [1.807, 2.05) is 0 Å². The van der Waals surface area contributed by atoms with E-state index in [1.165, 1.54) is 16.8 Å². The van der Waals surface area contributed by atoms with E-state index < -0.39 is 12.5 Å². The van der Waals surface area contributed by atoms with Crippen molar-refractivity contribution in [2.45, 2.75) is 12.3 Å². The first-order valence-corrected chi connectivity index (χ1v) is 4.03. The third-order valence-corrected chi connectivity index (χ3v) is 1.86. The third-order valence-electron chi connectivity index (χ3n) is 1.22. The van der Waals surface area contributed by atoms with Crippen molar-refractivity contribution in [3.8, 4) is 0 Å². The van der Waals surface area contributed by atoms with E-state index in [-0.39, 0.29) is 6.42 Å². The lowest BCUT2D eigenvalue weighted by Crippen LogP contribution is -2.30. The molecule has 0 spiro atoms. The Morgan fingerprint density at radius 2 is 2.36 bits per heavy atom. The molecule has 62 valence electrons. The van der Waals surface area contributed by atoms with E-state index in [0.717, 1.165) is 0 Å². The van der Waals surface area contributed by atoms with E-state index in [9.17, 15) is 8.78 Å². The number of nitrogens with two attached hydrogens (primary N) is 1. The number of rotatable bonds is 3. The highest BCUT2D eigenvalue weighted by atomic mass is 32.1. The maximum atomic E-state index is 12.6. The number of alkyl halides is 2. The smallest absolute Gasteiger partial charge is 0.265 e. The summed E-state index contributed by atoms with van der Waals surface area (Å²) in [7, 11) is 0. The first kappa shape index (κ1) is 8.55. The lowest BCUT2D eigenvalue weighted by Gasteiger charge is -2.10. The zero-order valence-electron chi connectivity index (χ0n) is 5.76. The van der Waals surface area contributed by atoms with Crippen LogP contribution in [0.4, 0.5) is 8.78 Å². The highest BCUT2D eigenvalue weighted by molar-refractivity contribution is 7.07. The minimum Gasteiger partial charge on any atom is -0.325 e. The molecule has 1 aromatic rings. The first-order valence-electron chi connectivity index (χ1n) is 3.09. The van der Waals surface area contributed by atoms with Gasteiger partial charge in [0.15, 0.2) is 0 Å². The molecule has 0 bridgehead atoms. The zero-order chi connectivity index (χ0) is 8.32. The molecule has 0 saturated carbocycles. The predicted octanol–water partition coefficient (Wildman–Crippen LogP) is 1.28. The van der Waals surface area contributed by atoms with E-state index in [0.29, 0.717) is 5.69 Å². The number of thiazole rings is 1. The van der Waals surface area contributed by atoms with Gasteiger partial charge in [0.05, 0.1) is 24.2 Å². The lowest BCUT2D eigenvalue weighted by molar-refractivity contribution is 0.0107. The van der Waals surface area contributed by atoms with Gasteiger partial charge in [-0.05, 0) is 0 Å². The summed E-state index contributed by atoms with van der Waals surface area (Å²) in [4.78, 5) is 3.73. The SMILES string of the molecule is NCC(F)(F)Cc1cscn1. The molecule has 2 nitrogen and oxygen atoms in total. The van der Waals surface area contributed by atoms with Crippen LogP contribution in [0.25, 0.3) is 0 Å². The fourth-order valence-electron chi connectivity index (χ4n) is 0.662. The molecule has 1 rings (SSSR count). The van der Waals surface area contributed by atoms with Crippen LogP contribution in [-0.4, -0.2) is 17.5 Å². The average Bonchev–Trinajstić information content (AvgIpc) is 2.39. The summed E-state index contributed by atoms with van der Waals surface area (Å²) in [6, 6.07) is 0. The van der Waals surface area contributed by atoms with E-state index in [1.54, 1.807) is 5.38 Å². The van der Waals surface area contributed by atoms with Crippen molar-refractivity contribution in [3.63, 3.8) is 0 Å². The Balaban J connectivity index is 2.56. The summed E-state index contributed by atoms with van der Waals surface area (Å²) in [5.74, 6) is -2.81.